The number of thioether (sulfide) groups is 1. The molecule has 0 spiro atoms. The van der Waals surface area contributed by atoms with E-state index in [1.54, 1.807) is 6.26 Å². The van der Waals surface area contributed by atoms with E-state index >= 15 is 0 Å². The van der Waals surface area contributed by atoms with E-state index in [0.717, 1.165) is 0 Å². The molecule has 0 aliphatic carbocycles. The molecule has 0 heterocycles. The average molecular weight is 523 g/mol. The summed E-state index contributed by atoms with van der Waals surface area (Å²) >= 11 is 5.44. The molecule has 0 aromatic carbocycles. The first-order valence-electron chi connectivity index (χ1n) is 10.3. The van der Waals surface area contributed by atoms with Crippen LogP contribution in [0.4, 0.5) is 0 Å². The van der Waals surface area contributed by atoms with E-state index < -0.39 is 60.2 Å². The Morgan fingerprint density at radius 1 is 0.941 bits per heavy atom. The first-order chi connectivity index (χ1) is 15.9. The van der Waals surface area contributed by atoms with Crippen molar-refractivity contribution >= 4 is 59.9 Å². The van der Waals surface area contributed by atoms with Crippen LogP contribution >= 0.6 is 24.4 Å². The topological polar surface area (TPSA) is 258 Å². The van der Waals surface area contributed by atoms with E-state index in [9.17, 15) is 29.1 Å². The molecule has 0 aromatic rings. The summed E-state index contributed by atoms with van der Waals surface area (Å²) in [5.74, 6) is -4.26. The van der Waals surface area contributed by atoms with Gasteiger partial charge in [-0.25, -0.2) is 4.79 Å². The molecule has 0 bridgehead atoms. The Hall–Kier alpha value is -2.72. The maximum Gasteiger partial charge on any atom is 0.326 e. The molecule has 4 atom stereocenters. The number of nitrogens with two attached hydrogens (primary N) is 4. The highest BCUT2D eigenvalue weighted by atomic mass is 32.2. The van der Waals surface area contributed by atoms with Crippen LogP contribution in [0.2, 0.25) is 0 Å². The van der Waals surface area contributed by atoms with Crippen LogP contribution in [0.3, 0.4) is 0 Å². The van der Waals surface area contributed by atoms with Crippen LogP contribution in [0.15, 0.2) is 4.99 Å². The summed E-state index contributed by atoms with van der Waals surface area (Å²) in [6, 6.07) is -4.81. The van der Waals surface area contributed by atoms with Gasteiger partial charge in [0.1, 0.15) is 18.1 Å². The monoisotopic (exact) mass is 522 g/mol. The third-order valence-corrected chi connectivity index (χ3v) is 5.39. The first kappa shape index (κ1) is 31.3. The van der Waals surface area contributed by atoms with Gasteiger partial charge in [-0.3, -0.25) is 24.2 Å². The molecule has 0 fully saturated rings. The summed E-state index contributed by atoms with van der Waals surface area (Å²) in [7, 11) is 0. The number of thiol groups is 1. The quantitative estimate of drug-likeness (QED) is 0.0393. The van der Waals surface area contributed by atoms with Crippen LogP contribution in [-0.2, 0) is 24.0 Å². The number of carbonyl (C=O) groups is 5. The number of nitrogens with one attached hydrogen (secondary N) is 3. The molecule has 12 N–H and O–H groups in total. The predicted molar refractivity (Wildman–Crippen MR) is 132 cm³/mol. The van der Waals surface area contributed by atoms with E-state index in [-0.39, 0.29) is 31.1 Å². The van der Waals surface area contributed by atoms with Gasteiger partial charge in [0.25, 0.3) is 0 Å². The summed E-state index contributed by atoms with van der Waals surface area (Å²) in [6.45, 7) is 0.252. The minimum absolute atomic E-state index is 0.0991. The number of carboxylic acids is 1. The second kappa shape index (κ2) is 16.8. The number of rotatable bonds is 17. The normalized spacial score (nSPS) is 14.1. The van der Waals surface area contributed by atoms with Crippen LogP contribution in [-0.4, -0.2) is 89.1 Å². The lowest BCUT2D eigenvalue weighted by Gasteiger charge is -2.24. The van der Waals surface area contributed by atoms with Gasteiger partial charge in [0.2, 0.25) is 23.6 Å². The molecule has 4 unspecified atom stereocenters. The van der Waals surface area contributed by atoms with E-state index in [0.29, 0.717) is 12.2 Å². The molecule has 16 heteroatoms. The zero-order valence-electron chi connectivity index (χ0n) is 18.9. The maximum absolute atomic E-state index is 12.7. The lowest BCUT2D eigenvalue weighted by molar-refractivity contribution is -0.142. The highest BCUT2D eigenvalue weighted by Crippen LogP contribution is 2.03. The molecule has 0 aliphatic rings. The number of aliphatic imine (C=N–C) groups is 1. The molecule has 0 saturated heterocycles. The zero-order valence-corrected chi connectivity index (χ0v) is 20.6. The Balaban J connectivity index is 5.14. The number of nitrogens with zero attached hydrogens (tertiary/aromatic N) is 1. The maximum atomic E-state index is 12.7. The number of primary amides is 1. The minimum Gasteiger partial charge on any atom is -0.480 e. The standard InChI is InChI=1S/C18H34N8O6S2/c1-34-6-4-10(17(31)32)24-16(30)12(8-33)26-15(29)11(7-13(20)27)25-14(28)9(19)3-2-5-23-18(21)22/h9-12,33H,2-8,19H2,1H3,(H2,20,27)(H,24,30)(H,25,28)(H,26,29)(H,31,32)(H4,21,22,23). The largest absolute Gasteiger partial charge is 0.480 e. The van der Waals surface area contributed by atoms with Crippen LogP contribution in [0.25, 0.3) is 0 Å². The number of carboxylic acid groups (broad SMARTS) is 1. The third-order valence-electron chi connectivity index (χ3n) is 4.38. The Bertz CT molecular complexity index is 750. The Morgan fingerprint density at radius 2 is 1.50 bits per heavy atom. The van der Waals surface area contributed by atoms with Crippen molar-refractivity contribution in [3.63, 3.8) is 0 Å². The lowest BCUT2D eigenvalue weighted by Crippen LogP contribution is -2.58. The SMILES string of the molecule is CSCCC(NC(=O)C(CS)NC(=O)C(CC(N)=O)NC(=O)C(N)CCCN=C(N)N)C(=O)O. The molecule has 194 valence electrons. The van der Waals surface area contributed by atoms with Gasteiger partial charge < -0.3 is 44.0 Å². The summed E-state index contributed by atoms with van der Waals surface area (Å²) in [6.07, 6.45) is 2.01. The van der Waals surface area contributed by atoms with Gasteiger partial charge in [0.15, 0.2) is 5.96 Å². The fraction of sp³-hybridized carbons (Fsp3) is 0.667. The Morgan fingerprint density at radius 3 is 2.00 bits per heavy atom. The van der Waals surface area contributed by atoms with E-state index in [2.05, 4.69) is 33.6 Å². The second-order valence-corrected chi connectivity index (χ2v) is 8.56. The molecule has 14 nitrogen and oxygen atoms in total. The van der Waals surface area contributed by atoms with Gasteiger partial charge in [-0.1, -0.05) is 0 Å². The number of hydrogen-bond donors (Lipinski definition) is 9. The molecule has 0 radical (unpaired) electrons. The number of aliphatic carboxylic acids is 1. The van der Waals surface area contributed by atoms with Gasteiger partial charge in [-0.05, 0) is 31.3 Å². The van der Waals surface area contributed by atoms with Crippen LogP contribution < -0.4 is 38.9 Å². The van der Waals surface area contributed by atoms with Crippen molar-refractivity contribution in [1.29, 1.82) is 0 Å². The van der Waals surface area contributed by atoms with Crippen LogP contribution in [0.5, 0.6) is 0 Å². The van der Waals surface area contributed by atoms with Crippen molar-refractivity contribution in [2.75, 3.05) is 24.3 Å². The number of guanidine groups is 1. The molecule has 0 aliphatic heterocycles. The Labute approximate surface area is 207 Å². The third kappa shape index (κ3) is 13.1. The van der Waals surface area contributed by atoms with Crippen molar-refractivity contribution < 1.29 is 29.1 Å². The fourth-order valence-corrected chi connectivity index (χ4v) is 3.30. The predicted octanol–water partition coefficient (Wildman–Crippen LogP) is -3.54. The molecule has 0 aromatic heterocycles. The summed E-state index contributed by atoms with van der Waals surface area (Å²) in [5.41, 5.74) is 21.4. The van der Waals surface area contributed by atoms with Crippen LogP contribution in [0, 0.1) is 0 Å². The smallest absolute Gasteiger partial charge is 0.326 e. The fourth-order valence-electron chi connectivity index (χ4n) is 2.57. The second-order valence-electron chi connectivity index (χ2n) is 7.21. The number of hydrogen-bond acceptors (Lipinski definition) is 9. The molecule has 34 heavy (non-hydrogen) atoms. The van der Waals surface area contributed by atoms with Gasteiger partial charge in [-0.15, -0.1) is 0 Å². The lowest BCUT2D eigenvalue weighted by atomic mass is 10.1. The van der Waals surface area contributed by atoms with Crippen LogP contribution in [0.1, 0.15) is 25.7 Å². The molecule has 4 amide bonds. The Kier molecular flexibility index (Phi) is 15.5. The highest BCUT2D eigenvalue weighted by Gasteiger charge is 2.30. The number of amides is 4. The van der Waals surface area contributed by atoms with Crippen molar-refractivity contribution in [3.8, 4) is 0 Å². The average Bonchev–Trinajstić information content (AvgIpc) is 2.75. The van der Waals surface area contributed by atoms with E-state index in [4.69, 9.17) is 22.9 Å². The van der Waals surface area contributed by atoms with Crippen molar-refractivity contribution in [3.05, 3.63) is 0 Å². The van der Waals surface area contributed by atoms with Gasteiger partial charge in [0.05, 0.1) is 12.5 Å². The first-order valence-corrected chi connectivity index (χ1v) is 12.3. The van der Waals surface area contributed by atoms with E-state index in [1.165, 1.54) is 11.8 Å². The van der Waals surface area contributed by atoms with Gasteiger partial charge in [-0.2, -0.15) is 24.4 Å². The van der Waals surface area contributed by atoms with E-state index in [1.807, 2.05) is 0 Å². The van der Waals surface area contributed by atoms with Gasteiger partial charge in [0, 0.05) is 12.3 Å². The van der Waals surface area contributed by atoms with Crippen molar-refractivity contribution in [2.24, 2.45) is 27.9 Å². The molecule has 0 saturated carbocycles. The zero-order chi connectivity index (χ0) is 26.3. The van der Waals surface area contributed by atoms with Gasteiger partial charge >= 0.3 is 5.97 Å². The van der Waals surface area contributed by atoms with Crippen molar-refractivity contribution in [1.82, 2.24) is 16.0 Å². The highest BCUT2D eigenvalue weighted by molar-refractivity contribution is 7.98. The summed E-state index contributed by atoms with van der Waals surface area (Å²) < 4.78 is 0. The molecular weight excluding hydrogens is 488 g/mol. The number of carbonyl (C=O) groups excluding carboxylic acids is 4. The summed E-state index contributed by atoms with van der Waals surface area (Å²) in [5, 5.41) is 16.3. The molecular formula is C18H34N8O6S2. The summed E-state index contributed by atoms with van der Waals surface area (Å²) in [4.78, 5) is 64.1. The van der Waals surface area contributed by atoms with Crippen molar-refractivity contribution in [2.45, 2.75) is 49.9 Å². The minimum atomic E-state index is -1.41. The molecule has 0 rings (SSSR count).